The van der Waals surface area contributed by atoms with Gasteiger partial charge < -0.3 is 18.6 Å². The number of rotatable bonds is 4. The summed E-state index contributed by atoms with van der Waals surface area (Å²) in [6.45, 7) is 1.17. The molecule has 0 radical (unpaired) electrons. The largest absolute Gasteiger partial charge is 0.497 e. The van der Waals surface area contributed by atoms with Crippen LogP contribution in [0, 0.1) is 0 Å². The van der Waals surface area contributed by atoms with Crippen LogP contribution in [-0.2, 0) is 17.9 Å². The van der Waals surface area contributed by atoms with Crippen molar-refractivity contribution in [3.05, 3.63) is 47.7 Å². The zero-order valence-corrected chi connectivity index (χ0v) is 16.0. The molecule has 3 aromatic rings. The molecule has 2 aromatic heterocycles. The van der Waals surface area contributed by atoms with E-state index in [-0.39, 0.29) is 6.10 Å². The molecule has 0 N–H and O–H groups in total. The smallest absolute Gasteiger partial charge is 0.278 e. The second-order valence-corrected chi connectivity index (χ2v) is 7.56. The van der Waals surface area contributed by atoms with E-state index in [1.165, 1.54) is 19.3 Å². The predicted octanol–water partition coefficient (Wildman–Crippen LogP) is 4.26. The molecular formula is C21H24N4O3. The molecule has 1 saturated carbocycles. The number of ether oxygens (including phenoxy) is 2. The molecule has 146 valence electrons. The van der Waals surface area contributed by atoms with Gasteiger partial charge >= 0.3 is 0 Å². The Morgan fingerprint density at radius 3 is 2.71 bits per heavy atom. The Kier molecular flexibility index (Phi) is 4.60. The van der Waals surface area contributed by atoms with E-state index in [0.717, 1.165) is 41.4 Å². The van der Waals surface area contributed by atoms with Gasteiger partial charge in [-0.25, -0.2) is 4.98 Å². The normalized spacial score (nSPS) is 20.1. The SMILES string of the molecule is COc1ccc(C2Cn3cnc(-c4nc(C5CCCCC5)no4)c3CO2)cc1. The molecule has 0 saturated heterocycles. The lowest BCUT2D eigenvalue weighted by Crippen LogP contribution is -2.20. The van der Waals surface area contributed by atoms with Crippen molar-refractivity contribution in [2.75, 3.05) is 7.11 Å². The number of benzene rings is 1. The van der Waals surface area contributed by atoms with Gasteiger partial charge in [-0.3, -0.25) is 0 Å². The standard InChI is InChI=1S/C21H24N4O3/c1-26-16-9-7-14(8-10-16)18-11-25-13-22-19(17(25)12-27-18)21-23-20(24-28-21)15-5-3-2-4-6-15/h7-10,13,15,18H,2-6,11-12H2,1H3. The van der Waals surface area contributed by atoms with Gasteiger partial charge in [0.1, 0.15) is 11.9 Å². The van der Waals surface area contributed by atoms with Crippen molar-refractivity contribution < 1.29 is 14.0 Å². The van der Waals surface area contributed by atoms with Crippen LogP contribution < -0.4 is 4.74 Å². The molecule has 0 amide bonds. The summed E-state index contributed by atoms with van der Waals surface area (Å²) in [6.07, 6.45) is 7.92. The second-order valence-electron chi connectivity index (χ2n) is 7.56. The van der Waals surface area contributed by atoms with Crippen molar-refractivity contribution in [1.29, 1.82) is 0 Å². The molecule has 5 rings (SSSR count). The molecule has 1 aliphatic heterocycles. The topological polar surface area (TPSA) is 75.2 Å². The monoisotopic (exact) mass is 380 g/mol. The summed E-state index contributed by atoms with van der Waals surface area (Å²) in [5.74, 6) is 2.58. The summed E-state index contributed by atoms with van der Waals surface area (Å²) in [7, 11) is 1.67. The van der Waals surface area contributed by atoms with Gasteiger partial charge in [-0.1, -0.05) is 36.6 Å². The lowest BCUT2D eigenvalue weighted by molar-refractivity contribution is 0.00328. The highest BCUT2D eigenvalue weighted by Gasteiger charge is 2.28. The van der Waals surface area contributed by atoms with E-state index in [0.29, 0.717) is 25.0 Å². The van der Waals surface area contributed by atoms with Crippen molar-refractivity contribution in [3.63, 3.8) is 0 Å². The van der Waals surface area contributed by atoms with Gasteiger partial charge in [0, 0.05) is 5.92 Å². The summed E-state index contributed by atoms with van der Waals surface area (Å²) in [4.78, 5) is 9.21. The Labute approximate surface area is 163 Å². The van der Waals surface area contributed by atoms with E-state index >= 15 is 0 Å². The number of hydrogen-bond acceptors (Lipinski definition) is 6. The van der Waals surface area contributed by atoms with E-state index < -0.39 is 0 Å². The van der Waals surface area contributed by atoms with E-state index in [2.05, 4.69) is 19.7 Å². The van der Waals surface area contributed by atoms with Crippen molar-refractivity contribution in [2.45, 2.75) is 57.3 Å². The molecule has 1 atom stereocenters. The molecule has 1 fully saturated rings. The van der Waals surface area contributed by atoms with Crippen LogP contribution in [0.5, 0.6) is 5.75 Å². The quantitative estimate of drug-likeness (QED) is 0.673. The number of fused-ring (bicyclic) bond motifs is 1. The average molecular weight is 380 g/mol. The van der Waals surface area contributed by atoms with E-state index in [4.69, 9.17) is 14.0 Å². The fourth-order valence-corrected chi connectivity index (χ4v) is 4.18. The zero-order valence-electron chi connectivity index (χ0n) is 16.0. The fourth-order valence-electron chi connectivity index (χ4n) is 4.18. The number of imidazole rings is 1. The highest BCUT2D eigenvalue weighted by Crippen LogP contribution is 2.34. The Morgan fingerprint density at radius 2 is 1.93 bits per heavy atom. The molecule has 0 spiro atoms. The summed E-state index contributed by atoms with van der Waals surface area (Å²) in [6, 6.07) is 8.00. The lowest BCUT2D eigenvalue weighted by atomic mass is 9.89. The van der Waals surface area contributed by atoms with E-state index in [1.807, 2.05) is 30.6 Å². The Balaban J connectivity index is 1.35. The van der Waals surface area contributed by atoms with Gasteiger partial charge in [0.2, 0.25) is 0 Å². The molecule has 0 bridgehead atoms. The van der Waals surface area contributed by atoms with Crippen LogP contribution in [-0.4, -0.2) is 26.8 Å². The van der Waals surface area contributed by atoms with Crippen LogP contribution in [0.25, 0.3) is 11.6 Å². The molecular weight excluding hydrogens is 356 g/mol. The summed E-state index contributed by atoms with van der Waals surface area (Å²) in [5, 5.41) is 4.24. The number of aromatic nitrogens is 4. The molecule has 28 heavy (non-hydrogen) atoms. The molecule has 1 aliphatic carbocycles. The van der Waals surface area contributed by atoms with Gasteiger partial charge in [-0.15, -0.1) is 0 Å². The number of nitrogens with zero attached hydrogens (tertiary/aromatic N) is 4. The summed E-state index contributed by atoms with van der Waals surface area (Å²) >= 11 is 0. The van der Waals surface area contributed by atoms with Gasteiger partial charge in [0.05, 0.1) is 32.3 Å². The van der Waals surface area contributed by atoms with Crippen LogP contribution in [0.1, 0.15) is 61.2 Å². The van der Waals surface area contributed by atoms with Crippen LogP contribution >= 0.6 is 0 Å². The number of methoxy groups -OCH3 is 1. The molecule has 2 aliphatic rings. The third kappa shape index (κ3) is 3.20. The highest BCUT2D eigenvalue weighted by atomic mass is 16.5. The second kappa shape index (κ2) is 7.39. The van der Waals surface area contributed by atoms with Crippen molar-refractivity contribution >= 4 is 0 Å². The molecule has 7 heteroatoms. The maximum Gasteiger partial charge on any atom is 0.278 e. The zero-order chi connectivity index (χ0) is 18.9. The van der Waals surface area contributed by atoms with Crippen LogP contribution in [0.4, 0.5) is 0 Å². The molecule has 1 aromatic carbocycles. The summed E-state index contributed by atoms with van der Waals surface area (Å²) < 4.78 is 19.0. The highest BCUT2D eigenvalue weighted by molar-refractivity contribution is 5.51. The first-order valence-corrected chi connectivity index (χ1v) is 9.95. The first-order chi connectivity index (χ1) is 13.8. The minimum atomic E-state index is -0.0130. The summed E-state index contributed by atoms with van der Waals surface area (Å²) in [5.41, 5.74) is 2.85. The minimum absolute atomic E-state index is 0.0130. The van der Waals surface area contributed by atoms with Crippen LogP contribution in [0.15, 0.2) is 35.1 Å². The lowest BCUT2D eigenvalue weighted by Gasteiger charge is -2.25. The van der Waals surface area contributed by atoms with Gasteiger partial charge in [0.15, 0.2) is 11.5 Å². The third-order valence-corrected chi connectivity index (χ3v) is 5.83. The molecule has 3 heterocycles. The molecule has 1 unspecified atom stereocenters. The first kappa shape index (κ1) is 17.4. The van der Waals surface area contributed by atoms with Crippen molar-refractivity contribution in [1.82, 2.24) is 19.7 Å². The van der Waals surface area contributed by atoms with Gasteiger partial charge in [-0.05, 0) is 30.5 Å². The third-order valence-electron chi connectivity index (χ3n) is 5.83. The van der Waals surface area contributed by atoms with Gasteiger partial charge in [0.25, 0.3) is 5.89 Å². The number of hydrogen-bond donors (Lipinski definition) is 0. The fraction of sp³-hybridized carbons (Fsp3) is 0.476. The predicted molar refractivity (Wildman–Crippen MR) is 102 cm³/mol. The average Bonchev–Trinajstić information content (AvgIpc) is 3.41. The minimum Gasteiger partial charge on any atom is -0.497 e. The van der Waals surface area contributed by atoms with Crippen molar-refractivity contribution in [2.24, 2.45) is 0 Å². The Morgan fingerprint density at radius 1 is 1.11 bits per heavy atom. The maximum atomic E-state index is 6.12. The maximum absolute atomic E-state index is 6.12. The van der Waals surface area contributed by atoms with E-state index in [9.17, 15) is 0 Å². The Bertz CT molecular complexity index is 941. The van der Waals surface area contributed by atoms with Gasteiger partial charge in [-0.2, -0.15) is 4.98 Å². The van der Waals surface area contributed by atoms with E-state index in [1.54, 1.807) is 7.11 Å². The van der Waals surface area contributed by atoms with Crippen LogP contribution in [0.3, 0.4) is 0 Å². The molecule has 7 nitrogen and oxygen atoms in total. The Hall–Kier alpha value is -2.67. The van der Waals surface area contributed by atoms with Crippen LogP contribution in [0.2, 0.25) is 0 Å². The first-order valence-electron chi connectivity index (χ1n) is 9.95. The van der Waals surface area contributed by atoms with Crippen molar-refractivity contribution in [3.8, 4) is 17.3 Å².